The monoisotopic (exact) mass is 183 g/mol. The molecule has 1 nitrogen and oxygen atoms in total. The van der Waals surface area contributed by atoms with E-state index in [0.717, 1.165) is 0 Å². The fraction of sp³-hybridized carbons (Fsp3) is 0.700. The van der Waals surface area contributed by atoms with Crippen LogP contribution in [0.4, 0.5) is 0 Å². The molecule has 0 saturated carbocycles. The molecule has 1 unspecified atom stereocenters. The predicted molar refractivity (Wildman–Crippen MR) is 54.9 cm³/mol. The molecule has 0 spiro atoms. The van der Waals surface area contributed by atoms with E-state index in [2.05, 4.69) is 32.7 Å². The molecular weight excluding hydrogens is 166 g/mol. The Hall–Kier alpha value is -0.370. The van der Waals surface area contributed by atoms with Gasteiger partial charge in [-0.3, -0.25) is 0 Å². The van der Waals surface area contributed by atoms with Gasteiger partial charge in [0.25, 0.3) is 0 Å². The molecule has 0 radical (unpaired) electrons. The van der Waals surface area contributed by atoms with Crippen molar-refractivity contribution in [1.29, 1.82) is 0 Å². The smallest absolute Gasteiger partial charge is 0.0797 e. The first-order valence-electron chi connectivity index (χ1n) is 4.60. The van der Waals surface area contributed by atoms with Crippen molar-refractivity contribution in [3.05, 3.63) is 16.1 Å². The minimum atomic E-state index is 0.619. The van der Waals surface area contributed by atoms with Crippen molar-refractivity contribution in [1.82, 2.24) is 4.98 Å². The van der Waals surface area contributed by atoms with Crippen LogP contribution in [0.2, 0.25) is 0 Å². The second-order valence-electron chi connectivity index (χ2n) is 3.57. The van der Waals surface area contributed by atoms with Gasteiger partial charge in [0, 0.05) is 4.88 Å². The van der Waals surface area contributed by atoms with Gasteiger partial charge in [-0.25, -0.2) is 4.98 Å². The topological polar surface area (TPSA) is 12.9 Å². The summed E-state index contributed by atoms with van der Waals surface area (Å²) in [5.41, 5.74) is 3.29. The maximum atomic E-state index is 4.43. The van der Waals surface area contributed by atoms with E-state index in [-0.39, 0.29) is 0 Å². The van der Waals surface area contributed by atoms with Gasteiger partial charge in [-0.15, -0.1) is 11.3 Å². The van der Waals surface area contributed by atoms with Gasteiger partial charge in [-0.1, -0.05) is 27.7 Å². The normalized spacial score (nSPS) is 13.8. The molecule has 0 aliphatic carbocycles. The van der Waals surface area contributed by atoms with Crippen molar-refractivity contribution in [3.63, 3.8) is 0 Å². The molecule has 1 rings (SSSR count). The van der Waals surface area contributed by atoms with E-state index in [9.17, 15) is 0 Å². The molecule has 1 aromatic rings. The molecule has 0 aliphatic rings. The average molecular weight is 183 g/mol. The Balaban J connectivity index is 2.91. The molecular formula is C10H17NS. The summed E-state index contributed by atoms with van der Waals surface area (Å²) in [4.78, 5) is 5.89. The summed E-state index contributed by atoms with van der Waals surface area (Å²) in [5, 5.41) is 0. The van der Waals surface area contributed by atoms with Crippen molar-refractivity contribution in [3.8, 4) is 0 Å². The summed E-state index contributed by atoms with van der Waals surface area (Å²) in [6.07, 6.45) is 1.18. The molecule has 0 aromatic carbocycles. The van der Waals surface area contributed by atoms with E-state index in [0.29, 0.717) is 11.8 Å². The van der Waals surface area contributed by atoms with Crippen LogP contribution >= 0.6 is 11.3 Å². The van der Waals surface area contributed by atoms with E-state index in [1.807, 2.05) is 5.51 Å². The summed E-state index contributed by atoms with van der Waals surface area (Å²) < 4.78 is 0. The highest BCUT2D eigenvalue weighted by molar-refractivity contribution is 7.09. The Kier molecular flexibility index (Phi) is 3.27. The quantitative estimate of drug-likeness (QED) is 0.695. The van der Waals surface area contributed by atoms with E-state index in [1.165, 1.54) is 17.0 Å². The average Bonchev–Trinajstić information content (AvgIpc) is 2.50. The SMILES string of the molecule is CCC(C)c1ncsc1C(C)C. The third kappa shape index (κ3) is 1.86. The van der Waals surface area contributed by atoms with E-state index < -0.39 is 0 Å². The molecule has 0 saturated heterocycles. The number of hydrogen-bond donors (Lipinski definition) is 0. The van der Waals surface area contributed by atoms with Crippen LogP contribution in [0.5, 0.6) is 0 Å². The van der Waals surface area contributed by atoms with Gasteiger partial charge < -0.3 is 0 Å². The highest BCUT2D eigenvalue weighted by Crippen LogP contribution is 2.29. The minimum Gasteiger partial charge on any atom is -0.249 e. The predicted octanol–water partition coefficient (Wildman–Crippen LogP) is 3.78. The molecule has 12 heavy (non-hydrogen) atoms. The summed E-state index contributed by atoms with van der Waals surface area (Å²) in [6.45, 7) is 8.94. The number of aromatic nitrogens is 1. The van der Waals surface area contributed by atoms with Crippen molar-refractivity contribution < 1.29 is 0 Å². The lowest BCUT2D eigenvalue weighted by molar-refractivity contribution is 0.693. The lowest BCUT2D eigenvalue weighted by Gasteiger charge is -2.10. The van der Waals surface area contributed by atoms with Crippen LogP contribution in [0.3, 0.4) is 0 Å². The fourth-order valence-corrected chi connectivity index (χ4v) is 2.19. The molecule has 0 amide bonds. The Morgan fingerprint density at radius 1 is 1.42 bits per heavy atom. The van der Waals surface area contributed by atoms with Crippen molar-refractivity contribution in [2.24, 2.45) is 0 Å². The molecule has 1 aromatic heterocycles. The maximum Gasteiger partial charge on any atom is 0.0797 e. The molecule has 1 atom stereocenters. The number of nitrogens with zero attached hydrogens (tertiary/aromatic N) is 1. The van der Waals surface area contributed by atoms with Crippen molar-refractivity contribution in [2.75, 3.05) is 0 Å². The molecule has 2 heteroatoms. The first-order chi connectivity index (χ1) is 5.66. The molecule has 0 aliphatic heterocycles. The Bertz CT molecular complexity index is 240. The largest absolute Gasteiger partial charge is 0.249 e. The Labute approximate surface area is 78.8 Å². The van der Waals surface area contributed by atoms with Crippen LogP contribution in [0.15, 0.2) is 5.51 Å². The van der Waals surface area contributed by atoms with Gasteiger partial charge in [0.1, 0.15) is 0 Å². The highest BCUT2D eigenvalue weighted by atomic mass is 32.1. The summed E-state index contributed by atoms with van der Waals surface area (Å²) >= 11 is 1.79. The van der Waals surface area contributed by atoms with Crippen LogP contribution in [-0.4, -0.2) is 4.98 Å². The maximum absolute atomic E-state index is 4.43. The van der Waals surface area contributed by atoms with Crippen LogP contribution < -0.4 is 0 Å². The Morgan fingerprint density at radius 3 is 2.58 bits per heavy atom. The molecule has 0 N–H and O–H groups in total. The molecule has 1 heterocycles. The standard InChI is InChI=1S/C10H17NS/c1-5-8(4)9-10(7(2)3)12-6-11-9/h6-8H,5H2,1-4H3. The van der Waals surface area contributed by atoms with Crippen LogP contribution in [0.25, 0.3) is 0 Å². The number of hydrogen-bond acceptors (Lipinski definition) is 2. The fourth-order valence-electron chi connectivity index (χ4n) is 1.26. The highest BCUT2D eigenvalue weighted by Gasteiger charge is 2.14. The first-order valence-corrected chi connectivity index (χ1v) is 5.48. The van der Waals surface area contributed by atoms with Crippen LogP contribution in [0, 0.1) is 0 Å². The van der Waals surface area contributed by atoms with E-state index >= 15 is 0 Å². The van der Waals surface area contributed by atoms with Gasteiger partial charge in [0.15, 0.2) is 0 Å². The van der Waals surface area contributed by atoms with Crippen molar-refractivity contribution >= 4 is 11.3 Å². The first kappa shape index (κ1) is 9.72. The number of rotatable bonds is 3. The second kappa shape index (κ2) is 4.04. The van der Waals surface area contributed by atoms with Gasteiger partial charge in [-0.05, 0) is 18.3 Å². The van der Waals surface area contributed by atoms with Crippen molar-refractivity contribution in [2.45, 2.75) is 46.0 Å². The Morgan fingerprint density at radius 2 is 2.08 bits per heavy atom. The zero-order valence-corrected chi connectivity index (χ0v) is 9.11. The lowest BCUT2D eigenvalue weighted by Crippen LogP contribution is -1.97. The molecule has 0 fully saturated rings. The second-order valence-corrected chi connectivity index (χ2v) is 4.45. The lowest BCUT2D eigenvalue weighted by atomic mass is 10.00. The zero-order valence-electron chi connectivity index (χ0n) is 8.29. The number of thiazole rings is 1. The third-order valence-corrected chi connectivity index (χ3v) is 3.37. The molecule has 68 valence electrons. The van der Waals surface area contributed by atoms with Gasteiger partial charge in [0.05, 0.1) is 11.2 Å². The third-order valence-electron chi connectivity index (χ3n) is 2.23. The van der Waals surface area contributed by atoms with Gasteiger partial charge >= 0.3 is 0 Å². The van der Waals surface area contributed by atoms with Gasteiger partial charge in [-0.2, -0.15) is 0 Å². The summed E-state index contributed by atoms with van der Waals surface area (Å²) in [7, 11) is 0. The van der Waals surface area contributed by atoms with E-state index in [4.69, 9.17) is 0 Å². The van der Waals surface area contributed by atoms with E-state index in [1.54, 1.807) is 11.3 Å². The zero-order chi connectivity index (χ0) is 9.14. The van der Waals surface area contributed by atoms with Gasteiger partial charge in [0.2, 0.25) is 0 Å². The van der Waals surface area contributed by atoms with Crippen LogP contribution in [0.1, 0.15) is 56.5 Å². The molecule has 0 bridgehead atoms. The summed E-state index contributed by atoms with van der Waals surface area (Å²) in [6, 6.07) is 0. The minimum absolute atomic E-state index is 0.619. The summed E-state index contributed by atoms with van der Waals surface area (Å²) in [5.74, 6) is 1.25. The van der Waals surface area contributed by atoms with Crippen LogP contribution in [-0.2, 0) is 0 Å².